The Balaban J connectivity index is 1.28. The van der Waals surface area contributed by atoms with E-state index in [1.54, 1.807) is 47.6 Å². The normalized spacial score (nSPS) is 27.1. The number of nitrogens with two attached hydrogens (primary N) is 1. The van der Waals surface area contributed by atoms with E-state index in [1.807, 2.05) is 6.07 Å². The molecule has 6 rings (SSSR count). The SMILES string of the molecule is CC12CCC(C/C1=N\N=C1\S/C(=C\c3ccc(-c4ccc(S(N)(=O)=O)cc4)o3)C(=O)N1Cc1ccco1)C2(C)C. The first kappa shape index (κ1) is 26.8. The van der Waals surface area contributed by atoms with Gasteiger partial charge in [-0.05, 0) is 90.9 Å². The number of thioether (sulfide) groups is 1. The monoisotopic (exact) mass is 578 g/mol. The average molecular weight is 579 g/mol. The van der Waals surface area contributed by atoms with Gasteiger partial charge in [0.2, 0.25) is 10.0 Å². The minimum Gasteiger partial charge on any atom is -0.467 e. The number of primary sulfonamides is 1. The van der Waals surface area contributed by atoms with Crippen LogP contribution in [0.3, 0.4) is 0 Å². The van der Waals surface area contributed by atoms with Crippen LogP contribution in [0.4, 0.5) is 0 Å². The molecule has 1 amide bonds. The van der Waals surface area contributed by atoms with Crippen LogP contribution in [0.25, 0.3) is 17.4 Å². The molecule has 11 heteroatoms. The summed E-state index contributed by atoms with van der Waals surface area (Å²) in [6, 6.07) is 13.2. The van der Waals surface area contributed by atoms with Crippen molar-refractivity contribution in [2.24, 2.45) is 32.1 Å². The molecule has 1 aromatic carbocycles. The van der Waals surface area contributed by atoms with Crippen LogP contribution in [-0.2, 0) is 21.4 Å². The zero-order chi connectivity index (χ0) is 28.3. The van der Waals surface area contributed by atoms with Crippen molar-refractivity contribution in [3.63, 3.8) is 0 Å². The van der Waals surface area contributed by atoms with Gasteiger partial charge in [0.15, 0.2) is 5.17 Å². The summed E-state index contributed by atoms with van der Waals surface area (Å²) in [6.45, 7) is 7.18. The van der Waals surface area contributed by atoms with Crippen LogP contribution in [-0.4, -0.2) is 30.1 Å². The molecule has 1 aliphatic heterocycles. The number of hydrogen-bond donors (Lipinski definition) is 1. The molecule has 0 radical (unpaired) electrons. The Labute approximate surface area is 237 Å². The second kappa shape index (κ2) is 9.60. The van der Waals surface area contributed by atoms with E-state index in [2.05, 4.69) is 25.9 Å². The van der Waals surface area contributed by atoms with E-state index in [1.165, 1.54) is 30.3 Å². The Bertz CT molecular complexity index is 1670. The Morgan fingerprint density at radius 1 is 1.12 bits per heavy atom. The lowest BCUT2D eigenvalue weighted by atomic mass is 9.70. The molecular formula is C29H30N4O5S2. The molecule has 208 valence electrons. The molecule has 3 aromatic rings. The molecule has 2 aromatic heterocycles. The van der Waals surface area contributed by atoms with Gasteiger partial charge in [-0.2, -0.15) is 5.10 Å². The largest absolute Gasteiger partial charge is 0.467 e. The minimum atomic E-state index is -3.78. The zero-order valence-corrected chi connectivity index (χ0v) is 24.1. The van der Waals surface area contributed by atoms with E-state index in [4.69, 9.17) is 19.1 Å². The first-order valence-electron chi connectivity index (χ1n) is 13.1. The van der Waals surface area contributed by atoms with Gasteiger partial charge >= 0.3 is 0 Å². The van der Waals surface area contributed by atoms with Crippen molar-refractivity contribution in [1.29, 1.82) is 0 Å². The fourth-order valence-corrected chi connectivity index (χ4v) is 7.41. The third-order valence-electron chi connectivity index (χ3n) is 8.92. The molecule has 0 spiro atoms. The van der Waals surface area contributed by atoms with Crippen molar-refractivity contribution in [3.8, 4) is 11.3 Å². The standard InChI is InChI=1S/C29H30N4O5S2/c1-28(2)19-12-13-29(28,3)25(15-19)31-32-27-33(17-21-5-4-14-37-21)26(34)24(39-27)16-20-8-11-23(38-20)18-6-9-22(10-7-18)40(30,35)36/h4-11,14,16,19H,12-13,15,17H2,1-3H3,(H2,30,35,36)/b24-16-,31-25+,32-27+. The Kier molecular flexibility index (Phi) is 6.43. The first-order chi connectivity index (χ1) is 19.0. The molecule has 1 saturated heterocycles. The first-order valence-corrected chi connectivity index (χ1v) is 15.4. The van der Waals surface area contributed by atoms with E-state index in [-0.39, 0.29) is 28.2 Å². The van der Waals surface area contributed by atoms with Gasteiger partial charge in [0.05, 0.1) is 22.6 Å². The highest BCUT2D eigenvalue weighted by molar-refractivity contribution is 8.18. The third kappa shape index (κ3) is 4.55. The summed E-state index contributed by atoms with van der Waals surface area (Å²) in [6.07, 6.45) is 6.52. The van der Waals surface area contributed by atoms with Crippen LogP contribution >= 0.6 is 11.8 Å². The zero-order valence-electron chi connectivity index (χ0n) is 22.5. The predicted octanol–water partition coefficient (Wildman–Crippen LogP) is 5.86. The van der Waals surface area contributed by atoms with Crippen molar-refractivity contribution >= 4 is 44.6 Å². The molecule has 3 aliphatic rings. The van der Waals surface area contributed by atoms with Crippen LogP contribution in [0.5, 0.6) is 0 Å². The maximum atomic E-state index is 13.5. The number of carbonyl (C=O) groups is 1. The van der Waals surface area contributed by atoms with Gasteiger partial charge in [0, 0.05) is 22.8 Å². The molecule has 2 aliphatic carbocycles. The van der Waals surface area contributed by atoms with Crippen molar-refractivity contribution < 1.29 is 22.0 Å². The highest BCUT2D eigenvalue weighted by Gasteiger charge is 2.60. The lowest BCUT2D eigenvalue weighted by Gasteiger charge is -2.34. The van der Waals surface area contributed by atoms with Gasteiger partial charge in [0.1, 0.15) is 17.3 Å². The van der Waals surface area contributed by atoms with Crippen LogP contribution < -0.4 is 5.14 Å². The molecule has 9 nitrogen and oxygen atoms in total. The summed E-state index contributed by atoms with van der Waals surface area (Å²) in [5, 5.41) is 15.0. The Hall–Kier alpha value is -3.41. The van der Waals surface area contributed by atoms with Gasteiger partial charge in [-0.1, -0.05) is 20.8 Å². The van der Waals surface area contributed by atoms with Gasteiger partial charge in [-0.25, -0.2) is 13.6 Å². The predicted molar refractivity (Wildman–Crippen MR) is 154 cm³/mol. The molecular weight excluding hydrogens is 548 g/mol. The van der Waals surface area contributed by atoms with Crippen molar-refractivity contribution in [1.82, 2.24) is 4.90 Å². The van der Waals surface area contributed by atoms with E-state index in [9.17, 15) is 13.2 Å². The average Bonchev–Trinajstić information content (AvgIpc) is 3.71. The third-order valence-corrected chi connectivity index (χ3v) is 10.8. The molecule has 2 saturated carbocycles. The van der Waals surface area contributed by atoms with Crippen molar-refractivity contribution in [3.05, 3.63) is 71.2 Å². The van der Waals surface area contributed by atoms with Gasteiger partial charge in [0.25, 0.3) is 5.91 Å². The summed E-state index contributed by atoms with van der Waals surface area (Å²) in [5.41, 5.74) is 1.98. The van der Waals surface area contributed by atoms with E-state index >= 15 is 0 Å². The maximum Gasteiger partial charge on any atom is 0.267 e. The molecule has 2 unspecified atom stereocenters. The second-order valence-corrected chi connectivity index (χ2v) is 13.8. The minimum absolute atomic E-state index is 0.0105. The van der Waals surface area contributed by atoms with E-state index < -0.39 is 10.0 Å². The fourth-order valence-electron chi connectivity index (χ4n) is 5.99. The molecule has 2 N–H and O–H groups in total. The number of carbonyl (C=O) groups excluding carboxylic acids is 1. The van der Waals surface area contributed by atoms with E-state index in [0.717, 1.165) is 18.6 Å². The number of fused-ring (bicyclic) bond motifs is 2. The molecule has 2 bridgehead atoms. The Morgan fingerprint density at radius 3 is 2.52 bits per heavy atom. The summed E-state index contributed by atoms with van der Waals surface area (Å²) in [5.74, 6) is 2.05. The van der Waals surface area contributed by atoms with Crippen LogP contribution in [0, 0.1) is 16.7 Å². The second-order valence-electron chi connectivity index (χ2n) is 11.3. The highest BCUT2D eigenvalue weighted by atomic mass is 32.2. The number of benzene rings is 1. The number of rotatable bonds is 6. The number of hydrogen-bond acceptors (Lipinski definition) is 8. The maximum absolute atomic E-state index is 13.5. The summed E-state index contributed by atoms with van der Waals surface area (Å²) < 4.78 is 34.6. The quantitative estimate of drug-likeness (QED) is 0.288. The lowest BCUT2D eigenvalue weighted by Crippen LogP contribution is -2.32. The van der Waals surface area contributed by atoms with Gasteiger partial charge in [-0.3, -0.25) is 9.69 Å². The smallest absolute Gasteiger partial charge is 0.267 e. The summed E-state index contributed by atoms with van der Waals surface area (Å²) >= 11 is 1.25. The molecule has 40 heavy (non-hydrogen) atoms. The molecule has 3 fully saturated rings. The number of furan rings is 2. The van der Waals surface area contributed by atoms with Crippen molar-refractivity contribution in [2.75, 3.05) is 0 Å². The van der Waals surface area contributed by atoms with Crippen molar-refractivity contribution in [2.45, 2.75) is 51.5 Å². The topological polar surface area (TPSA) is 131 Å². The van der Waals surface area contributed by atoms with Gasteiger partial charge < -0.3 is 8.83 Å². The Morgan fingerprint density at radius 2 is 1.90 bits per heavy atom. The lowest BCUT2D eigenvalue weighted by molar-refractivity contribution is -0.122. The fraction of sp³-hybridized carbons (Fsp3) is 0.345. The highest BCUT2D eigenvalue weighted by Crippen LogP contribution is 2.64. The molecule has 2 atom stereocenters. The number of amides is 1. The summed E-state index contributed by atoms with van der Waals surface area (Å²) in [4.78, 5) is 15.6. The number of sulfonamides is 1. The van der Waals surface area contributed by atoms with Gasteiger partial charge in [-0.15, -0.1) is 5.10 Å². The van der Waals surface area contributed by atoms with E-state index in [0.29, 0.717) is 38.8 Å². The number of amidine groups is 1. The molecule has 3 heterocycles. The van der Waals surface area contributed by atoms with Crippen LogP contribution in [0.1, 0.15) is 51.6 Å². The number of nitrogens with zero attached hydrogens (tertiary/aromatic N) is 3. The van der Waals surface area contributed by atoms with Crippen LogP contribution in [0.2, 0.25) is 0 Å². The summed E-state index contributed by atoms with van der Waals surface area (Å²) in [7, 11) is -3.78. The van der Waals surface area contributed by atoms with Crippen LogP contribution in [0.15, 0.2) is 83.6 Å².